The van der Waals surface area contributed by atoms with Gasteiger partial charge in [-0.2, -0.15) is 0 Å². The zero-order valence-electron chi connectivity index (χ0n) is 10.6. The molecule has 0 aliphatic rings. The van der Waals surface area contributed by atoms with Crippen LogP contribution in [0.25, 0.3) is 0 Å². The third-order valence-corrected chi connectivity index (χ3v) is 2.93. The molecule has 98 valence electrons. The van der Waals surface area contributed by atoms with Crippen LogP contribution in [0.5, 0.6) is 0 Å². The predicted molar refractivity (Wildman–Crippen MR) is 74.8 cm³/mol. The fraction of sp³-hybridized carbons (Fsp3) is 0.143. The largest absolute Gasteiger partial charge is 0.488 e. The quantitative estimate of drug-likeness (QED) is 0.809. The molecule has 19 heavy (non-hydrogen) atoms. The van der Waals surface area contributed by atoms with Crippen LogP contribution in [0.1, 0.15) is 5.56 Å². The van der Waals surface area contributed by atoms with Gasteiger partial charge >= 0.3 is 7.12 Å². The predicted octanol–water partition coefficient (Wildman–Crippen LogP) is 1.14. The fourth-order valence-corrected chi connectivity index (χ4v) is 1.97. The monoisotopic (exact) mass is 259 g/mol. The number of nitrogens with zero attached hydrogens (tertiary/aromatic N) is 1. The van der Waals surface area contributed by atoms with Gasteiger partial charge in [0.25, 0.3) is 0 Å². The van der Waals surface area contributed by atoms with Crippen molar-refractivity contribution in [2.45, 2.75) is 6.54 Å². The molecule has 3 nitrogen and oxygen atoms in total. The summed E-state index contributed by atoms with van der Waals surface area (Å²) >= 11 is 0. The van der Waals surface area contributed by atoms with E-state index in [1.165, 1.54) is 6.07 Å². The van der Waals surface area contributed by atoms with Crippen LogP contribution >= 0.6 is 0 Å². The molecular formula is C14H15BFNO2. The Bertz CT molecular complexity index is 563. The van der Waals surface area contributed by atoms with Crippen LogP contribution < -0.4 is 10.4 Å². The number of para-hydroxylation sites is 1. The maximum Gasteiger partial charge on any atom is 0.488 e. The molecule has 0 spiro atoms. The summed E-state index contributed by atoms with van der Waals surface area (Å²) in [6, 6.07) is 13.5. The van der Waals surface area contributed by atoms with E-state index in [0.717, 1.165) is 5.56 Å². The number of benzene rings is 2. The van der Waals surface area contributed by atoms with Crippen molar-refractivity contribution in [3.8, 4) is 0 Å². The molecule has 0 unspecified atom stereocenters. The van der Waals surface area contributed by atoms with Crippen LogP contribution in [-0.4, -0.2) is 24.2 Å². The Morgan fingerprint density at radius 3 is 2.53 bits per heavy atom. The summed E-state index contributed by atoms with van der Waals surface area (Å²) in [5, 5.41) is 18.3. The summed E-state index contributed by atoms with van der Waals surface area (Å²) in [7, 11) is 0.305. The smallest absolute Gasteiger partial charge is 0.423 e. The molecule has 2 aromatic carbocycles. The van der Waals surface area contributed by atoms with Crippen LogP contribution in [0, 0.1) is 5.82 Å². The van der Waals surface area contributed by atoms with E-state index in [-0.39, 0.29) is 5.82 Å². The van der Waals surface area contributed by atoms with Crippen LogP contribution in [-0.2, 0) is 6.54 Å². The Labute approximate surface area is 112 Å². The van der Waals surface area contributed by atoms with Gasteiger partial charge in [-0.25, -0.2) is 4.39 Å². The zero-order chi connectivity index (χ0) is 13.8. The molecule has 0 bridgehead atoms. The second-order valence-corrected chi connectivity index (χ2v) is 4.43. The van der Waals surface area contributed by atoms with Gasteiger partial charge in [0, 0.05) is 13.6 Å². The highest BCUT2D eigenvalue weighted by atomic mass is 19.1. The Morgan fingerprint density at radius 1 is 1.11 bits per heavy atom. The first kappa shape index (κ1) is 13.6. The topological polar surface area (TPSA) is 43.7 Å². The highest BCUT2D eigenvalue weighted by Gasteiger charge is 2.12. The first-order chi connectivity index (χ1) is 9.08. The van der Waals surface area contributed by atoms with Crippen LogP contribution in [0.3, 0.4) is 0 Å². The highest BCUT2D eigenvalue weighted by Crippen LogP contribution is 2.18. The van der Waals surface area contributed by atoms with E-state index in [2.05, 4.69) is 0 Å². The van der Waals surface area contributed by atoms with Gasteiger partial charge in [0.15, 0.2) is 0 Å². The summed E-state index contributed by atoms with van der Waals surface area (Å²) in [4.78, 5) is 1.78. The van der Waals surface area contributed by atoms with E-state index >= 15 is 0 Å². The fourth-order valence-electron chi connectivity index (χ4n) is 1.97. The van der Waals surface area contributed by atoms with E-state index in [0.29, 0.717) is 17.7 Å². The lowest BCUT2D eigenvalue weighted by atomic mass is 9.79. The lowest BCUT2D eigenvalue weighted by Gasteiger charge is -2.20. The Balaban J connectivity index is 2.17. The minimum atomic E-state index is -1.49. The second kappa shape index (κ2) is 5.86. The Morgan fingerprint density at radius 2 is 1.84 bits per heavy atom. The number of halogens is 1. The Kier molecular flexibility index (Phi) is 4.19. The number of hydrogen-bond acceptors (Lipinski definition) is 3. The SMILES string of the molecule is CN(Cc1cccc(B(O)O)c1)c1ccccc1F. The van der Waals surface area contributed by atoms with Gasteiger partial charge in [-0.3, -0.25) is 0 Å². The van der Waals surface area contributed by atoms with Gasteiger partial charge in [-0.1, -0.05) is 36.4 Å². The van der Waals surface area contributed by atoms with Crippen molar-refractivity contribution < 1.29 is 14.4 Å². The molecule has 0 aromatic heterocycles. The van der Waals surface area contributed by atoms with Crippen molar-refractivity contribution in [1.82, 2.24) is 0 Å². The van der Waals surface area contributed by atoms with Gasteiger partial charge in [-0.05, 0) is 23.2 Å². The lowest BCUT2D eigenvalue weighted by molar-refractivity contribution is 0.425. The van der Waals surface area contributed by atoms with Crippen molar-refractivity contribution in [3.63, 3.8) is 0 Å². The van der Waals surface area contributed by atoms with Gasteiger partial charge in [0.1, 0.15) is 5.82 Å². The third-order valence-electron chi connectivity index (χ3n) is 2.93. The third kappa shape index (κ3) is 3.33. The van der Waals surface area contributed by atoms with Crippen LogP contribution in [0.15, 0.2) is 48.5 Å². The molecule has 2 aromatic rings. The van der Waals surface area contributed by atoms with Crippen molar-refractivity contribution in [2.24, 2.45) is 0 Å². The molecule has 0 fully saturated rings. The number of rotatable bonds is 4. The maximum atomic E-state index is 13.6. The standard InChI is InChI=1S/C14H15BFNO2/c1-17(14-8-3-2-7-13(14)16)10-11-5-4-6-12(9-11)15(18)19/h2-9,18-19H,10H2,1H3. The average molecular weight is 259 g/mol. The van der Waals surface area contributed by atoms with E-state index in [1.54, 1.807) is 48.3 Å². The first-order valence-corrected chi connectivity index (χ1v) is 5.98. The maximum absolute atomic E-state index is 13.6. The minimum Gasteiger partial charge on any atom is -0.423 e. The first-order valence-electron chi connectivity index (χ1n) is 5.98. The molecule has 2 N–H and O–H groups in total. The van der Waals surface area contributed by atoms with Crippen molar-refractivity contribution in [3.05, 3.63) is 59.9 Å². The van der Waals surface area contributed by atoms with Crippen molar-refractivity contribution in [1.29, 1.82) is 0 Å². The minimum absolute atomic E-state index is 0.275. The van der Waals surface area contributed by atoms with Gasteiger partial charge in [0.05, 0.1) is 5.69 Å². The molecule has 0 aliphatic heterocycles. The second-order valence-electron chi connectivity index (χ2n) is 4.43. The molecule has 0 amide bonds. The van der Waals surface area contributed by atoms with E-state index in [1.807, 2.05) is 6.07 Å². The van der Waals surface area contributed by atoms with E-state index < -0.39 is 7.12 Å². The van der Waals surface area contributed by atoms with Crippen molar-refractivity contribution in [2.75, 3.05) is 11.9 Å². The Hall–Kier alpha value is -1.85. The zero-order valence-corrected chi connectivity index (χ0v) is 10.6. The van der Waals surface area contributed by atoms with E-state index in [9.17, 15) is 4.39 Å². The molecule has 2 rings (SSSR count). The number of anilines is 1. The molecule has 0 saturated heterocycles. The van der Waals surface area contributed by atoms with Gasteiger partial charge < -0.3 is 14.9 Å². The summed E-state index contributed by atoms with van der Waals surface area (Å²) in [5.74, 6) is -0.275. The molecule has 0 aliphatic carbocycles. The molecule has 5 heteroatoms. The van der Waals surface area contributed by atoms with E-state index in [4.69, 9.17) is 10.0 Å². The molecule has 0 atom stereocenters. The highest BCUT2D eigenvalue weighted by molar-refractivity contribution is 6.58. The molecular weight excluding hydrogens is 244 g/mol. The van der Waals surface area contributed by atoms with Gasteiger partial charge in [0.2, 0.25) is 0 Å². The lowest BCUT2D eigenvalue weighted by Crippen LogP contribution is -2.30. The number of hydrogen-bond donors (Lipinski definition) is 2. The summed E-state index contributed by atoms with van der Waals surface area (Å²) in [6.07, 6.45) is 0. The van der Waals surface area contributed by atoms with Crippen LogP contribution in [0.2, 0.25) is 0 Å². The molecule has 0 radical (unpaired) electrons. The van der Waals surface area contributed by atoms with Gasteiger partial charge in [-0.15, -0.1) is 0 Å². The molecule has 0 saturated carbocycles. The summed E-state index contributed by atoms with van der Waals surface area (Å²) in [6.45, 7) is 0.488. The normalized spacial score (nSPS) is 10.3. The van der Waals surface area contributed by atoms with Crippen molar-refractivity contribution >= 4 is 18.3 Å². The summed E-state index contributed by atoms with van der Waals surface area (Å²) < 4.78 is 13.6. The summed E-state index contributed by atoms with van der Waals surface area (Å²) in [5.41, 5.74) is 1.83. The molecule has 0 heterocycles. The average Bonchev–Trinajstić information content (AvgIpc) is 2.39. The van der Waals surface area contributed by atoms with Crippen LogP contribution in [0.4, 0.5) is 10.1 Å².